The Balaban J connectivity index is 2.43. The predicted molar refractivity (Wildman–Crippen MR) is 54.8 cm³/mol. The predicted octanol–water partition coefficient (Wildman–Crippen LogP) is -0.214. The molecule has 0 bridgehead atoms. The van der Waals surface area contributed by atoms with Crippen LogP contribution in [-0.2, 0) is 4.79 Å². The van der Waals surface area contributed by atoms with Gasteiger partial charge in [-0.1, -0.05) is 6.07 Å². The number of halogens is 1. The second-order valence-electron chi connectivity index (χ2n) is 3.24. The summed E-state index contributed by atoms with van der Waals surface area (Å²) in [6, 6.07) is 3.76. The van der Waals surface area contributed by atoms with Crippen molar-refractivity contribution in [2.24, 2.45) is 0 Å². The van der Waals surface area contributed by atoms with Crippen LogP contribution < -0.4 is 5.32 Å². The first-order chi connectivity index (χ1) is 8.00. The van der Waals surface area contributed by atoms with Gasteiger partial charge in [-0.25, -0.2) is 9.78 Å². The van der Waals surface area contributed by atoms with Crippen molar-refractivity contribution < 1.29 is 24.2 Å². The summed E-state index contributed by atoms with van der Waals surface area (Å²) < 4.78 is 12.7. The average molecular weight is 242 g/mol. The van der Waals surface area contributed by atoms with Gasteiger partial charge >= 0.3 is 5.97 Å². The van der Waals surface area contributed by atoms with Crippen LogP contribution in [0.4, 0.5) is 4.39 Å². The summed E-state index contributed by atoms with van der Waals surface area (Å²) in [6.45, 7) is -0.0372. The Morgan fingerprint density at radius 2 is 2.18 bits per heavy atom. The third-order valence-electron chi connectivity index (χ3n) is 1.94. The van der Waals surface area contributed by atoms with Crippen LogP contribution in [0.25, 0.3) is 0 Å². The first kappa shape index (κ1) is 13.0. The molecule has 7 heteroatoms. The molecule has 17 heavy (non-hydrogen) atoms. The summed E-state index contributed by atoms with van der Waals surface area (Å²) in [5.74, 6) is -2.76. The lowest BCUT2D eigenvalue weighted by atomic mass is 10.2. The second kappa shape index (κ2) is 5.90. The van der Waals surface area contributed by atoms with Gasteiger partial charge in [-0.3, -0.25) is 4.79 Å². The van der Waals surface area contributed by atoms with Crippen molar-refractivity contribution in [1.29, 1.82) is 0 Å². The summed E-state index contributed by atoms with van der Waals surface area (Å²) in [6.07, 6.45) is -1.66. The van der Waals surface area contributed by atoms with Crippen LogP contribution in [0.3, 0.4) is 0 Å². The smallest absolute Gasteiger partial charge is 0.332 e. The first-order valence-corrected chi connectivity index (χ1v) is 4.82. The number of carbonyl (C=O) groups excluding carboxylic acids is 1. The van der Waals surface area contributed by atoms with E-state index in [9.17, 15) is 14.0 Å². The maximum Gasteiger partial charge on any atom is 0.332 e. The zero-order valence-corrected chi connectivity index (χ0v) is 8.76. The monoisotopic (exact) mass is 242 g/mol. The number of aromatic nitrogens is 1. The zero-order valence-electron chi connectivity index (χ0n) is 8.76. The number of hydrogen-bond acceptors (Lipinski definition) is 4. The van der Waals surface area contributed by atoms with Crippen LogP contribution >= 0.6 is 0 Å². The first-order valence-electron chi connectivity index (χ1n) is 4.82. The van der Waals surface area contributed by atoms with E-state index in [2.05, 4.69) is 10.3 Å². The summed E-state index contributed by atoms with van der Waals surface area (Å²) >= 11 is 0. The molecule has 0 aliphatic rings. The number of hydrogen-bond donors (Lipinski definition) is 3. The molecule has 6 nitrogen and oxygen atoms in total. The number of aliphatic carboxylic acids is 1. The molecule has 1 aromatic heterocycles. The molecule has 0 aliphatic heterocycles. The standard InChI is InChI=1S/C10H11FN2O4/c11-8-3-1-2-6(13-8)9(15)12-5-4-7(14)10(16)17/h1-3,7,14H,4-5H2,(H,12,15)(H,16,17)/t7-/m0/s1. The normalized spacial score (nSPS) is 11.9. The van der Waals surface area contributed by atoms with Gasteiger partial charge in [0.25, 0.3) is 5.91 Å². The lowest BCUT2D eigenvalue weighted by Crippen LogP contribution is -2.30. The van der Waals surface area contributed by atoms with Gasteiger partial charge in [-0.05, 0) is 12.1 Å². The molecule has 1 rings (SSSR count). The molecule has 0 saturated heterocycles. The van der Waals surface area contributed by atoms with Crippen molar-refractivity contribution in [2.75, 3.05) is 6.54 Å². The second-order valence-corrected chi connectivity index (χ2v) is 3.24. The number of rotatable bonds is 5. The molecule has 1 heterocycles. The van der Waals surface area contributed by atoms with Crippen molar-refractivity contribution in [2.45, 2.75) is 12.5 Å². The van der Waals surface area contributed by atoms with Gasteiger partial charge in [0.2, 0.25) is 5.95 Å². The topological polar surface area (TPSA) is 99.5 Å². The van der Waals surface area contributed by atoms with Gasteiger partial charge in [-0.2, -0.15) is 4.39 Å². The number of carbonyl (C=O) groups is 2. The Morgan fingerprint density at radius 3 is 2.76 bits per heavy atom. The van der Waals surface area contributed by atoms with Crippen molar-refractivity contribution >= 4 is 11.9 Å². The summed E-state index contributed by atoms with van der Waals surface area (Å²) in [5, 5.41) is 19.6. The van der Waals surface area contributed by atoms with Gasteiger partial charge in [0.1, 0.15) is 5.69 Å². The number of carboxylic acids is 1. The van der Waals surface area contributed by atoms with E-state index in [1.807, 2.05) is 0 Å². The fourth-order valence-corrected chi connectivity index (χ4v) is 1.07. The Labute approximate surface area is 96.1 Å². The van der Waals surface area contributed by atoms with Gasteiger partial charge in [-0.15, -0.1) is 0 Å². The quantitative estimate of drug-likeness (QED) is 0.620. The minimum atomic E-state index is -1.53. The molecule has 0 aromatic carbocycles. The van der Waals surface area contributed by atoms with E-state index >= 15 is 0 Å². The maximum atomic E-state index is 12.7. The van der Waals surface area contributed by atoms with Crippen LogP contribution in [0, 0.1) is 5.95 Å². The largest absolute Gasteiger partial charge is 0.479 e. The third kappa shape index (κ3) is 4.15. The molecule has 0 aliphatic carbocycles. The molecular weight excluding hydrogens is 231 g/mol. The molecule has 0 spiro atoms. The molecule has 0 saturated carbocycles. The van der Waals surface area contributed by atoms with E-state index < -0.39 is 23.9 Å². The Hall–Kier alpha value is -2.02. The maximum absolute atomic E-state index is 12.7. The molecule has 3 N–H and O–H groups in total. The zero-order chi connectivity index (χ0) is 12.8. The number of carboxylic acid groups (broad SMARTS) is 1. The van der Waals surface area contributed by atoms with Gasteiger partial charge < -0.3 is 15.5 Å². The molecule has 92 valence electrons. The SMILES string of the molecule is O=C(NCC[C@H](O)C(=O)O)c1cccc(F)n1. The number of aliphatic hydroxyl groups is 1. The highest BCUT2D eigenvalue weighted by atomic mass is 19.1. The highest BCUT2D eigenvalue weighted by Crippen LogP contribution is 1.98. The Bertz CT molecular complexity index is 425. The van der Waals surface area contributed by atoms with Crippen LogP contribution in [-0.4, -0.2) is 39.7 Å². The van der Waals surface area contributed by atoms with Crippen molar-refractivity contribution in [3.63, 3.8) is 0 Å². The van der Waals surface area contributed by atoms with Crippen molar-refractivity contribution in [3.05, 3.63) is 29.8 Å². The van der Waals surface area contributed by atoms with Crippen LogP contribution in [0.5, 0.6) is 0 Å². The van der Waals surface area contributed by atoms with Crippen molar-refractivity contribution in [3.8, 4) is 0 Å². The molecular formula is C10H11FN2O4. The highest BCUT2D eigenvalue weighted by molar-refractivity contribution is 5.92. The third-order valence-corrected chi connectivity index (χ3v) is 1.94. The van der Waals surface area contributed by atoms with Crippen LogP contribution in [0.2, 0.25) is 0 Å². The minimum absolute atomic E-state index is 0.0372. The fraction of sp³-hybridized carbons (Fsp3) is 0.300. The number of nitrogens with one attached hydrogen (secondary N) is 1. The number of pyridine rings is 1. The van der Waals surface area contributed by atoms with Crippen LogP contribution in [0.1, 0.15) is 16.9 Å². The van der Waals surface area contributed by atoms with E-state index in [0.29, 0.717) is 0 Å². The highest BCUT2D eigenvalue weighted by Gasteiger charge is 2.13. The minimum Gasteiger partial charge on any atom is -0.479 e. The van der Waals surface area contributed by atoms with E-state index in [4.69, 9.17) is 10.2 Å². The molecule has 0 radical (unpaired) electrons. The Kier molecular flexibility index (Phi) is 4.53. The number of nitrogens with zero attached hydrogens (tertiary/aromatic N) is 1. The molecule has 1 aromatic rings. The van der Waals surface area contributed by atoms with E-state index in [0.717, 1.165) is 6.07 Å². The van der Waals surface area contributed by atoms with Gasteiger partial charge in [0, 0.05) is 13.0 Å². The molecule has 1 atom stereocenters. The lowest BCUT2D eigenvalue weighted by molar-refractivity contribution is -0.146. The summed E-state index contributed by atoms with van der Waals surface area (Å²) in [7, 11) is 0. The van der Waals surface area contributed by atoms with Crippen molar-refractivity contribution in [1.82, 2.24) is 10.3 Å². The van der Waals surface area contributed by atoms with Gasteiger partial charge in [0.05, 0.1) is 0 Å². The number of amides is 1. The van der Waals surface area contributed by atoms with Crippen LogP contribution in [0.15, 0.2) is 18.2 Å². The summed E-state index contributed by atoms with van der Waals surface area (Å²) in [4.78, 5) is 25.0. The lowest BCUT2D eigenvalue weighted by Gasteiger charge is -2.06. The number of aliphatic hydroxyl groups excluding tert-OH is 1. The molecule has 0 fully saturated rings. The average Bonchev–Trinajstić information content (AvgIpc) is 2.28. The molecule has 0 unspecified atom stereocenters. The molecule has 1 amide bonds. The van der Waals surface area contributed by atoms with E-state index in [1.54, 1.807) is 0 Å². The summed E-state index contributed by atoms with van der Waals surface area (Å²) in [5.41, 5.74) is -0.102. The van der Waals surface area contributed by atoms with E-state index in [1.165, 1.54) is 12.1 Å². The van der Waals surface area contributed by atoms with Gasteiger partial charge in [0.15, 0.2) is 6.10 Å². The van der Waals surface area contributed by atoms with E-state index in [-0.39, 0.29) is 18.7 Å². The fourth-order valence-electron chi connectivity index (χ4n) is 1.07. The Morgan fingerprint density at radius 1 is 1.47 bits per heavy atom.